The Morgan fingerprint density at radius 1 is 0.978 bits per heavy atom. The number of benzene rings is 3. The number of aryl methyl sites for hydroxylation is 1. The van der Waals surface area contributed by atoms with Gasteiger partial charge in [-0.3, -0.25) is 4.79 Å². The Morgan fingerprint density at radius 2 is 1.67 bits per heavy atom. The zero-order valence-electron chi connectivity index (χ0n) is 27.3. The van der Waals surface area contributed by atoms with Crippen LogP contribution in [0.1, 0.15) is 96.1 Å². The summed E-state index contributed by atoms with van der Waals surface area (Å²) in [6, 6.07) is 22.8. The third-order valence-electron chi connectivity index (χ3n) is 9.58. The quantitative estimate of drug-likeness (QED) is 0.0919. The Morgan fingerprint density at radius 3 is 2.36 bits per heavy atom. The van der Waals surface area contributed by atoms with Crippen LogP contribution in [0, 0.1) is 24.8 Å². The van der Waals surface area contributed by atoms with Crippen molar-refractivity contribution in [3.8, 4) is 11.3 Å². The van der Waals surface area contributed by atoms with Gasteiger partial charge in [0.25, 0.3) is 0 Å². The Balaban J connectivity index is 0.000000249. The largest absolute Gasteiger partial charge is 0.512 e. The first-order valence-corrected chi connectivity index (χ1v) is 16.6. The van der Waals surface area contributed by atoms with Crippen molar-refractivity contribution in [3.05, 3.63) is 89.8 Å². The Hall–Kier alpha value is -3.27. The number of aromatic nitrogens is 1. The number of carbonyl (C=O) groups is 1. The molecule has 0 saturated heterocycles. The van der Waals surface area contributed by atoms with Gasteiger partial charge in [0, 0.05) is 49.6 Å². The number of rotatable bonds is 9. The molecule has 1 aliphatic carbocycles. The first kappa shape index (κ1) is 34.6. The van der Waals surface area contributed by atoms with Crippen LogP contribution in [0.3, 0.4) is 0 Å². The molecule has 0 aliphatic heterocycles. The first-order valence-electron chi connectivity index (χ1n) is 16.6. The molecule has 6 rings (SSSR count). The summed E-state index contributed by atoms with van der Waals surface area (Å²) in [6.07, 6.45) is 12.2. The average Bonchev–Trinajstić information content (AvgIpc) is 3.72. The van der Waals surface area contributed by atoms with Gasteiger partial charge in [-0.05, 0) is 78.6 Å². The van der Waals surface area contributed by atoms with E-state index in [9.17, 15) is 9.90 Å². The van der Waals surface area contributed by atoms with Crippen LogP contribution in [0.15, 0.2) is 77.0 Å². The summed E-state index contributed by atoms with van der Waals surface area (Å²) in [5.74, 6) is 1.26. The number of furan rings is 1. The second-order valence-electron chi connectivity index (χ2n) is 12.3. The maximum absolute atomic E-state index is 11.7. The number of carbonyl (C=O) groups excluding carboxylic acids is 1. The topological polar surface area (TPSA) is 63.3 Å². The van der Waals surface area contributed by atoms with Crippen LogP contribution in [0.25, 0.3) is 44.0 Å². The number of hydrogen-bond donors (Lipinski definition) is 1. The van der Waals surface area contributed by atoms with Gasteiger partial charge in [0.05, 0.1) is 11.3 Å². The number of allylic oxidation sites excluding steroid dienone is 2. The zero-order chi connectivity index (χ0) is 31.2. The first-order chi connectivity index (χ1) is 21.4. The Labute approximate surface area is 281 Å². The smallest absolute Gasteiger partial charge is 0.162 e. The van der Waals surface area contributed by atoms with Crippen molar-refractivity contribution in [2.24, 2.45) is 11.8 Å². The molecule has 0 bridgehead atoms. The minimum atomic E-state index is 0. The SMILES string of the molecule is CCC(CC)C(=O)/C=C(\O)C(CC)CC.Cc1c[c-]c(-c2nccc3cc(C4CCCC4)ccc23)c2oc3ccccc3c12.[Ir]. The predicted molar refractivity (Wildman–Crippen MR) is 183 cm³/mol. The van der Waals surface area contributed by atoms with Crippen molar-refractivity contribution < 1.29 is 34.4 Å². The van der Waals surface area contributed by atoms with Crippen molar-refractivity contribution in [1.29, 1.82) is 0 Å². The second-order valence-corrected chi connectivity index (χ2v) is 12.3. The molecule has 1 aliphatic rings. The van der Waals surface area contributed by atoms with Crippen LogP contribution in [0.5, 0.6) is 0 Å². The molecule has 1 radical (unpaired) electrons. The normalized spacial score (nSPS) is 13.9. The predicted octanol–water partition coefficient (Wildman–Crippen LogP) is 11.4. The average molecular weight is 781 g/mol. The maximum atomic E-state index is 11.7. The molecule has 5 aromatic rings. The zero-order valence-corrected chi connectivity index (χ0v) is 29.7. The Bertz CT molecular complexity index is 1770. The fraction of sp³-hybridized carbons (Fsp3) is 0.400. The molecule has 3 aromatic carbocycles. The van der Waals surface area contributed by atoms with Gasteiger partial charge in [-0.2, -0.15) is 0 Å². The van der Waals surface area contributed by atoms with E-state index in [-0.39, 0.29) is 43.5 Å². The molecule has 0 amide bonds. The maximum Gasteiger partial charge on any atom is 0.162 e. The summed E-state index contributed by atoms with van der Waals surface area (Å²) in [5.41, 5.74) is 6.33. The summed E-state index contributed by atoms with van der Waals surface area (Å²) in [7, 11) is 0. The molecule has 1 fully saturated rings. The molecule has 0 spiro atoms. The van der Waals surface area contributed by atoms with E-state index in [4.69, 9.17) is 9.40 Å². The molecular formula is C40H46IrNO3-. The third-order valence-corrected chi connectivity index (χ3v) is 9.58. The van der Waals surface area contributed by atoms with Gasteiger partial charge < -0.3 is 14.5 Å². The van der Waals surface area contributed by atoms with Crippen LogP contribution >= 0.6 is 0 Å². The van der Waals surface area contributed by atoms with Gasteiger partial charge in [-0.1, -0.05) is 94.8 Å². The number of aliphatic hydroxyl groups is 1. The van der Waals surface area contributed by atoms with Gasteiger partial charge in [-0.25, -0.2) is 0 Å². The number of ketones is 1. The number of aliphatic hydroxyl groups excluding tert-OH is 1. The second kappa shape index (κ2) is 15.8. The monoisotopic (exact) mass is 781 g/mol. The summed E-state index contributed by atoms with van der Waals surface area (Å²) in [5, 5.41) is 14.5. The number of hydrogen-bond acceptors (Lipinski definition) is 4. The van der Waals surface area contributed by atoms with Crippen molar-refractivity contribution in [2.75, 3.05) is 0 Å². The van der Waals surface area contributed by atoms with E-state index < -0.39 is 0 Å². The van der Waals surface area contributed by atoms with Crippen molar-refractivity contribution >= 4 is 38.5 Å². The van der Waals surface area contributed by atoms with Crippen LogP contribution in [0.4, 0.5) is 0 Å². The number of para-hydroxylation sites is 1. The van der Waals surface area contributed by atoms with E-state index in [2.05, 4.69) is 55.5 Å². The molecule has 0 unspecified atom stereocenters. The molecule has 2 aromatic heterocycles. The molecule has 239 valence electrons. The molecule has 0 atom stereocenters. The molecule has 45 heavy (non-hydrogen) atoms. The van der Waals surface area contributed by atoms with Crippen molar-refractivity contribution in [1.82, 2.24) is 4.98 Å². The minimum Gasteiger partial charge on any atom is -0.512 e. The van der Waals surface area contributed by atoms with Gasteiger partial charge in [-0.15, -0.1) is 17.7 Å². The standard InChI is InChI=1S/C27H22NO.C13H24O2.Ir/c1-17-10-12-23(27-25(17)22-8-4-5-9-24(22)29-27)26-21-13-11-19(18-6-2-3-7-18)16-20(21)14-15-28-26;1-5-10(6-2)12(14)9-13(15)11(7-3)8-4;/h4-5,8-11,13-16,18H,2-3,6-7H2,1H3;9-11,14H,5-8H2,1-4H3;/q-1;;/b;12-9-;. The molecule has 1 saturated carbocycles. The molecule has 5 heteroatoms. The fourth-order valence-electron chi connectivity index (χ4n) is 6.80. The van der Waals surface area contributed by atoms with E-state index >= 15 is 0 Å². The van der Waals surface area contributed by atoms with Gasteiger partial charge in [0.2, 0.25) is 0 Å². The van der Waals surface area contributed by atoms with Crippen molar-refractivity contribution in [3.63, 3.8) is 0 Å². The minimum absolute atomic E-state index is 0. The van der Waals surface area contributed by atoms with E-state index in [1.807, 2.05) is 46.0 Å². The summed E-state index contributed by atoms with van der Waals surface area (Å²) in [4.78, 5) is 16.5. The summed E-state index contributed by atoms with van der Waals surface area (Å²) in [6.45, 7) is 10.2. The third kappa shape index (κ3) is 7.42. The van der Waals surface area contributed by atoms with Gasteiger partial charge in [0.1, 0.15) is 5.58 Å². The number of fused-ring (bicyclic) bond motifs is 4. The van der Waals surface area contributed by atoms with Crippen LogP contribution in [-0.4, -0.2) is 15.9 Å². The van der Waals surface area contributed by atoms with E-state index in [1.165, 1.54) is 48.3 Å². The van der Waals surface area contributed by atoms with E-state index in [1.54, 1.807) is 0 Å². The fourth-order valence-corrected chi connectivity index (χ4v) is 6.80. The number of pyridine rings is 1. The molecule has 1 N–H and O–H groups in total. The Kier molecular flexibility index (Phi) is 12.2. The van der Waals surface area contributed by atoms with Crippen LogP contribution in [-0.2, 0) is 24.9 Å². The van der Waals surface area contributed by atoms with Crippen LogP contribution in [0.2, 0.25) is 0 Å². The molecule has 2 heterocycles. The summed E-state index contributed by atoms with van der Waals surface area (Å²) >= 11 is 0. The molecular weight excluding hydrogens is 735 g/mol. The van der Waals surface area contributed by atoms with Crippen LogP contribution < -0.4 is 0 Å². The van der Waals surface area contributed by atoms with E-state index in [0.717, 1.165) is 64.3 Å². The van der Waals surface area contributed by atoms with Gasteiger partial charge in [0.15, 0.2) is 5.78 Å². The van der Waals surface area contributed by atoms with Crippen molar-refractivity contribution in [2.45, 2.75) is 91.9 Å². The summed E-state index contributed by atoms with van der Waals surface area (Å²) < 4.78 is 6.30. The molecule has 4 nitrogen and oxygen atoms in total. The van der Waals surface area contributed by atoms with E-state index in [0.29, 0.717) is 5.92 Å². The number of nitrogens with zero attached hydrogens (tertiary/aromatic N) is 1. The van der Waals surface area contributed by atoms with Gasteiger partial charge >= 0.3 is 0 Å².